The molecule has 69 heavy (non-hydrogen) atoms. The van der Waals surface area contributed by atoms with Gasteiger partial charge in [0.25, 0.3) is 0 Å². The van der Waals surface area contributed by atoms with Gasteiger partial charge in [0.05, 0.1) is 28.0 Å². The third-order valence-corrected chi connectivity index (χ3v) is 14.1. The number of hydrogen-bond acceptors (Lipinski definition) is 5. The van der Waals surface area contributed by atoms with Crippen LogP contribution in [0.5, 0.6) is 0 Å². The van der Waals surface area contributed by atoms with Crippen LogP contribution in [0.1, 0.15) is 0 Å². The summed E-state index contributed by atoms with van der Waals surface area (Å²) in [7, 11) is 0. The molecule has 1 aliphatic heterocycles. The van der Waals surface area contributed by atoms with Crippen molar-refractivity contribution in [3.05, 3.63) is 224 Å². The van der Waals surface area contributed by atoms with Crippen molar-refractivity contribution in [2.45, 2.75) is 0 Å². The fourth-order valence-corrected chi connectivity index (χ4v) is 11.0. The molecule has 4 heterocycles. The van der Waals surface area contributed by atoms with Crippen molar-refractivity contribution in [2.75, 3.05) is 4.90 Å². The number of aromatic nitrogens is 4. The molecule has 0 bridgehead atoms. The summed E-state index contributed by atoms with van der Waals surface area (Å²) < 4.78 is 8.91. The highest BCUT2D eigenvalue weighted by atomic mass is 16.3. The molecule has 3 aromatic heterocycles. The highest BCUT2D eigenvalue weighted by molar-refractivity contribution is 6.19. The topological polar surface area (TPSA) is 60.0 Å². The van der Waals surface area contributed by atoms with E-state index < -0.39 is 0 Å². The average molecular weight is 880 g/mol. The Morgan fingerprint density at radius 1 is 0.348 bits per heavy atom. The largest absolute Gasteiger partial charge is 0.455 e. The van der Waals surface area contributed by atoms with Crippen LogP contribution in [0.3, 0.4) is 0 Å². The minimum absolute atomic E-state index is 0.546. The molecule has 0 saturated carbocycles. The molecule has 320 valence electrons. The van der Waals surface area contributed by atoms with E-state index in [0.29, 0.717) is 17.5 Å². The van der Waals surface area contributed by atoms with E-state index in [1.165, 1.54) is 49.4 Å². The monoisotopic (exact) mass is 879 g/mol. The van der Waals surface area contributed by atoms with Crippen LogP contribution in [0, 0.1) is 0 Å². The Hall–Kier alpha value is -9.39. The standard InChI is InChI=1S/C63H37N5O/c1-2-16-44(17-3-1)67-54-24-8-6-19-47(54)48-33-31-43(37-56(48)67)62-64-61(65-63(66-62)53-23-12-22-52-49-20-7-9-26-57(49)69-60(52)53)42-28-27-41-36-45(32-29-40(41)35-42)68-55-25-11-15-39-14-10-21-50(58(39)55)51-34-30-38-13-4-5-18-46(38)59(51)68/h1-37H. The fourth-order valence-electron chi connectivity index (χ4n) is 11.0. The Bertz CT molecular complexity index is 4450. The van der Waals surface area contributed by atoms with Gasteiger partial charge in [-0.2, -0.15) is 0 Å². The van der Waals surface area contributed by atoms with Gasteiger partial charge < -0.3 is 13.9 Å². The highest BCUT2D eigenvalue weighted by Crippen LogP contribution is 2.53. The van der Waals surface area contributed by atoms with E-state index in [2.05, 4.69) is 210 Å². The van der Waals surface area contributed by atoms with E-state index in [1.807, 2.05) is 24.3 Å². The summed E-state index contributed by atoms with van der Waals surface area (Å²) in [5.41, 5.74) is 13.4. The summed E-state index contributed by atoms with van der Waals surface area (Å²) in [5.74, 6) is 1.71. The molecule has 11 aromatic carbocycles. The smallest absolute Gasteiger partial charge is 0.167 e. The normalized spacial score (nSPS) is 12.3. The van der Waals surface area contributed by atoms with Crippen molar-refractivity contribution in [1.29, 1.82) is 0 Å². The van der Waals surface area contributed by atoms with Crippen LogP contribution in [-0.4, -0.2) is 19.5 Å². The number of benzene rings is 11. The third kappa shape index (κ3) is 5.69. The summed E-state index contributed by atoms with van der Waals surface area (Å²) >= 11 is 0. The van der Waals surface area contributed by atoms with E-state index in [9.17, 15) is 0 Å². The van der Waals surface area contributed by atoms with Crippen LogP contribution in [0.15, 0.2) is 229 Å². The van der Waals surface area contributed by atoms with Crippen molar-refractivity contribution >= 4 is 93.1 Å². The van der Waals surface area contributed by atoms with E-state index in [-0.39, 0.29) is 0 Å². The van der Waals surface area contributed by atoms with Gasteiger partial charge >= 0.3 is 0 Å². The van der Waals surface area contributed by atoms with Crippen molar-refractivity contribution in [3.8, 4) is 51.0 Å². The van der Waals surface area contributed by atoms with Crippen molar-refractivity contribution in [3.63, 3.8) is 0 Å². The molecule has 1 aliphatic rings. The van der Waals surface area contributed by atoms with Crippen LogP contribution in [0.25, 0.3) is 127 Å². The van der Waals surface area contributed by atoms with Crippen LogP contribution in [0.2, 0.25) is 0 Å². The van der Waals surface area contributed by atoms with Gasteiger partial charge in [-0.25, -0.2) is 15.0 Å². The van der Waals surface area contributed by atoms with Gasteiger partial charge in [0.15, 0.2) is 17.5 Å². The predicted molar refractivity (Wildman–Crippen MR) is 284 cm³/mol. The molecule has 0 atom stereocenters. The zero-order chi connectivity index (χ0) is 45.2. The van der Waals surface area contributed by atoms with Crippen LogP contribution in [-0.2, 0) is 0 Å². The number of rotatable bonds is 5. The third-order valence-electron chi connectivity index (χ3n) is 14.1. The molecule has 0 unspecified atom stereocenters. The number of hydrogen-bond donors (Lipinski definition) is 0. The van der Waals surface area contributed by atoms with E-state index in [0.717, 1.165) is 77.2 Å². The van der Waals surface area contributed by atoms with E-state index >= 15 is 0 Å². The molecule has 0 spiro atoms. The lowest BCUT2D eigenvalue weighted by molar-refractivity contribution is 0.669. The zero-order valence-electron chi connectivity index (χ0n) is 37.0. The first-order valence-electron chi connectivity index (χ1n) is 23.3. The molecular weight excluding hydrogens is 843 g/mol. The minimum Gasteiger partial charge on any atom is -0.455 e. The van der Waals surface area contributed by atoms with Gasteiger partial charge in [-0.15, -0.1) is 0 Å². The summed E-state index contributed by atoms with van der Waals surface area (Å²) in [6.07, 6.45) is 0. The van der Waals surface area contributed by atoms with Crippen LogP contribution in [0.4, 0.5) is 17.1 Å². The Kier molecular flexibility index (Phi) is 7.97. The number of anilines is 3. The molecule has 6 heteroatoms. The number of para-hydroxylation sites is 4. The van der Waals surface area contributed by atoms with Gasteiger partial charge in [-0.05, 0) is 87.8 Å². The van der Waals surface area contributed by atoms with Crippen molar-refractivity contribution < 1.29 is 4.42 Å². The van der Waals surface area contributed by atoms with Crippen LogP contribution >= 0.6 is 0 Å². The van der Waals surface area contributed by atoms with Gasteiger partial charge in [0.1, 0.15) is 11.2 Å². The molecule has 0 saturated heterocycles. The van der Waals surface area contributed by atoms with Crippen molar-refractivity contribution in [1.82, 2.24) is 19.5 Å². The first-order valence-corrected chi connectivity index (χ1v) is 23.3. The zero-order valence-corrected chi connectivity index (χ0v) is 37.0. The molecule has 0 aliphatic carbocycles. The lowest BCUT2D eigenvalue weighted by Crippen LogP contribution is -2.15. The number of fused-ring (bicyclic) bond motifs is 11. The van der Waals surface area contributed by atoms with Gasteiger partial charge in [0.2, 0.25) is 0 Å². The maximum atomic E-state index is 6.58. The molecule has 0 fully saturated rings. The average Bonchev–Trinajstić information content (AvgIpc) is 3.96. The summed E-state index contributed by atoms with van der Waals surface area (Å²) in [6, 6.07) is 79.9. The highest BCUT2D eigenvalue weighted by Gasteiger charge is 2.28. The van der Waals surface area contributed by atoms with Gasteiger partial charge in [0, 0.05) is 60.4 Å². The number of furan rings is 1. The van der Waals surface area contributed by atoms with E-state index in [4.69, 9.17) is 19.4 Å². The first kappa shape index (κ1) is 37.8. The van der Waals surface area contributed by atoms with Crippen LogP contribution < -0.4 is 4.90 Å². The summed E-state index contributed by atoms with van der Waals surface area (Å²) in [5, 5.41) is 11.5. The second-order valence-electron chi connectivity index (χ2n) is 18.0. The summed E-state index contributed by atoms with van der Waals surface area (Å²) in [4.78, 5) is 18.3. The van der Waals surface area contributed by atoms with Crippen molar-refractivity contribution in [2.24, 2.45) is 0 Å². The second kappa shape index (κ2) is 14.6. The molecule has 15 rings (SSSR count). The maximum absolute atomic E-state index is 6.58. The molecule has 14 aromatic rings. The predicted octanol–water partition coefficient (Wildman–Crippen LogP) is 16.8. The Labute approximate surface area is 395 Å². The quantitative estimate of drug-likeness (QED) is 0.172. The van der Waals surface area contributed by atoms with Gasteiger partial charge in [-0.1, -0.05) is 164 Å². The lowest BCUT2D eigenvalue weighted by Gasteiger charge is -2.34. The number of nitrogens with zero attached hydrogens (tertiary/aromatic N) is 5. The second-order valence-corrected chi connectivity index (χ2v) is 18.0. The molecular formula is C63H37N5O. The minimum atomic E-state index is 0.546. The van der Waals surface area contributed by atoms with E-state index in [1.54, 1.807) is 0 Å². The van der Waals surface area contributed by atoms with Gasteiger partial charge in [-0.3, -0.25) is 0 Å². The Morgan fingerprint density at radius 3 is 1.88 bits per heavy atom. The molecule has 0 N–H and O–H groups in total. The molecule has 0 amide bonds. The summed E-state index contributed by atoms with van der Waals surface area (Å²) in [6.45, 7) is 0. The maximum Gasteiger partial charge on any atom is 0.167 e. The lowest BCUT2D eigenvalue weighted by atomic mass is 9.88. The first-order chi connectivity index (χ1) is 34.2. The Balaban J connectivity index is 0.913. The SMILES string of the molecule is c1ccc(-n2c3ccccc3c3ccc(-c4nc(-c5ccc6cc(N7c8c(ccc9ccccc89)-c8cccc9cccc7c89)ccc6c5)nc(-c5cccc6c5oc5ccccc56)n4)cc32)cc1. The Morgan fingerprint density at radius 2 is 0.986 bits per heavy atom. The molecule has 0 radical (unpaired) electrons. The fraction of sp³-hybridized carbons (Fsp3) is 0. The molecule has 6 nitrogen and oxygen atoms in total.